The van der Waals surface area contributed by atoms with Gasteiger partial charge in [-0.2, -0.15) is 13.2 Å². The molecule has 142 valence electrons. The van der Waals surface area contributed by atoms with Crippen molar-refractivity contribution in [2.45, 2.75) is 26.1 Å². The van der Waals surface area contributed by atoms with E-state index in [-0.39, 0.29) is 26.3 Å². The number of hydrogen-bond acceptors (Lipinski definition) is 4. The predicted octanol–water partition coefficient (Wildman–Crippen LogP) is 2.07. The van der Waals surface area contributed by atoms with Crippen LogP contribution in [0, 0.1) is 0 Å². The van der Waals surface area contributed by atoms with E-state index in [1.165, 1.54) is 7.11 Å². The average molecular weight is 363 g/mol. The molecule has 0 aliphatic carbocycles. The maximum absolute atomic E-state index is 12.2. The van der Waals surface area contributed by atoms with E-state index in [0.717, 1.165) is 5.56 Å². The van der Waals surface area contributed by atoms with Crippen LogP contribution in [0.2, 0.25) is 0 Å². The molecule has 0 aromatic heterocycles. The number of rotatable bonds is 9. The Morgan fingerprint density at radius 3 is 2.60 bits per heavy atom. The molecule has 0 bridgehead atoms. The SMILES string of the molecule is CCNC(=NCc1ccc(OCCO)c(OC)c1)NCCC(F)(F)F. The molecule has 3 N–H and O–H groups in total. The number of alkyl halides is 3. The number of nitrogens with zero attached hydrogens (tertiary/aromatic N) is 1. The van der Waals surface area contributed by atoms with Crippen LogP contribution in [-0.4, -0.2) is 50.7 Å². The number of guanidine groups is 1. The number of aliphatic imine (C=N–C) groups is 1. The summed E-state index contributed by atoms with van der Waals surface area (Å²) in [5, 5.41) is 14.3. The summed E-state index contributed by atoms with van der Waals surface area (Å²) >= 11 is 0. The molecule has 0 saturated heterocycles. The van der Waals surface area contributed by atoms with Gasteiger partial charge in [0, 0.05) is 13.1 Å². The maximum atomic E-state index is 12.2. The molecular formula is C16H24F3N3O3. The molecule has 0 saturated carbocycles. The Morgan fingerprint density at radius 1 is 1.24 bits per heavy atom. The van der Waals surface area contributed by atoms with E-state index in [4.69, 9.17) is 14.6 Å². The highest BCUT2D eigenvalue weighted by Gasteiger charge is 2.26. The van der Waals surface area contributed by atoms with Gasteiger partial charge in [0.1, 0.15) is 6.61 Å². The van der Waals surface area contributed by atoms with E-state index in [1.807, 2.05) is 6.92 Å². The van der Waals surface area contributed by atoms with Gasteiger partial charge in [-0.05, 0) is 24.6 Å². The number of halogens is 3. The molecule has 1 aromatic carbocycles. The third kappa shape index (κ3) is 8.48. The molecule has 0 radical (unpaired) electrons. The lowest BCUT2D eigenvalue weighted by Gasteiger charge is -2.13. The molecule has 0 aliphatic heterocycles. The van der Waals surface area contributed by atoms with Crippen molar-refractivity contribution < 1.29 is 27.8 Å². The van der Waals surface area contributed by atoms with Crippen molar-refractivity contribution in [3.8, 4) is 11.5 Å². The fourth-order valence-corrected chi connectivity index (χ4v) is 1.92. The van der Waals surface area contributed by atoms with Crippen LogP contribution in [0.1, 0.15) is 18.9 Å². The minimum Gasteiger partial charge on any atom is -0.493 e. The minimum atomic E-state index is -4.21. The summed E-state index contributed by atoms with van der Waals surface area (Å²) in [5.74, 6) is 1.31. The number of nitrogens with one attached hydrogen (secondary N) is 2. The van der Waals surface area contributed by atoms with Crippen LogP contribution in [0.3, 0.4) is 0 Å². The highest BCUT2D eigenvalue weighted by Crippen LogP contribution is 2.28. The fourth-order valence-electron chi connectivity index (χ4n) is 1.92. The molecule has 0 unspecified atom stereocenters. The van der Waals surface area contributed by atoms with E-state index in [9.17, 15) is 13.2 Å². The number of methoxy groups -OCH3 is 1. The molecule has 1 aromatic rings. The summed E-state index contributed by atoms with van der Waals surface area (Å²) in [7, 11) is 1.50. The van der Waals surface area contributed by atoms with E-state index in [0.29, 0.717) is 24.0 Å². The zero-order valence-electron chi connectivity index (χ0n) is 14.3. The standard InChI is InChI=1S/C16H24F3N3O3/c1-3-20-15(21-7-6-16(17,18)19)22-11-12-4-5-13(25-9-8-23)14(10-12)24-2/h4-5,10,23H,3,6-9,11H2,1-2H3,(H2,20,21,22). The first-order chi connectivity index (χ1) is 11.9. The van der Waals surface area contributed by atoms with Gasteiger partial charge in [-0.1, -0.05) is 6.07 Å². The van der Waals surface area contributed by atoms with Crippen molar-refractivity contribution in [3.05, 3.63) is 23.8 Å². The highest BCUT2D eigenvalue weighted by molar-refractivity contribution is 5.79. The van der Waals surface area contributed by atoms with Gasteiger partial charge in [0.25, 0.3) is 0 Å². The lowest BCUT2D eigenvalue weighted by atomic mass is 10.2. The summed E-state index contributed by atoms with van der Waals surface area (Å²) in [5.41, 5.74) is 0.807. The monoisotopic (exact) mass is 363 g/mol. The van der Waals surface area contributed by atoms with Crippen LogP contribution in [0.25, 0.3) is 0 Å². The third-order valence-corrected chi connectivity index (χ3v) is 3.04. The quantitative estimate of drug-likeness (QED) is 0.463. The molecule has 25 heavy (non-hydrogen) atoms. The number of benzene rings is 1. The van der Waals surface area contributed by atoms with Crippen LogP contribution >= 0.6 is 0 Å². The first-order valence-electron chi connectivity index (χ1n) is 7.89. The summed E-state index contributed by atoms with van der Waals surface area (Å²) in [4.78, 5) is 4.26. The van der Waals surface area contributed by atoms with E-state index in [2.05, 4.69) is 15.6 Å². The highest BCUT2D eigenvalue weighted by atomic mass is 19.4. The Kier molecular flexibility index (Phi) is 8.90. The van der Waals surface area contributed by atoms with Gasteiger partial charge in [-0.3, -0.25) is 0 Å². The van der Waals surface area contributed by atoms with Crippen molar-refractivity contribution in [2.75, 3.05) is 33.4 Å². The van der Waals surface area contributed by atoms with Gasteiger partial charge in [-0.15, -0.1) is 0 Å². The summed E-state index contributed by atoms with van der Waals surface area (Å²) in [6, 6.07) is 5.21. The van der Waals surface area contributed by atoms with E-state index < -0.39 is 12.6 Å². The Labute approximate surface area is 145 Å². The Morgan fingerprint density at radius 2 is 2.00 bits per heavy atom. The van der Waals surface area contributed by atoms with Gasteiger partial charge in [0.2, 0.25) is 0 Å². The van der Waals surface area contributed by atoms with Gasteiger partial charge in [-0.25, -0.2) is 4.99 Å². The van der Waals surface area contributed by atoms with Crippen molar-refractivity contribution in [2.24, 2.45) is 4.99 Å². The first-order valence-corrected chi connectivity index (χ1v) is 7.89. The molecule has 6 nitrogen and oxygen atoms in total. The molecule has 0 spiro atoms. The summed E-state index contributed by atoms with van der Waals surface area (Å²) in [6.45, 7) is 2.43. The number of aliphatic hydroxyl groups excluding tert-OH is 1. The van der Waals surface area contributed by atoms with Crippen molar-refractivity contribution in [1.29, 1.82) is 0 Å². The fraction of sp³-hybridized carbons (Fsp3) is 0.562. The lowest BCUT2D eigenvalue weighted by Crippen LogP contribution is -2.38. The van der Waals surface area contributed by atoms with Gasteiger partial charge in [0.05, 0.1) is 26.7 Å². The second-order valence-corrected chi connectivity index (χ2v) is 5.04. The average Bonchev–Trinajstić information content (AvgIpc) is 2.57. The van der Waals surface area contributed by atoms with Crippen LogP contribution in [-0.2, 0) is 6.54 Å². The number of aliphatic hydroxyl groups is 1. The zero-order chi connectivity index (χ0) is 18.7. The zero-order valence-corrected chi connectivity index (χ0v) is 14.3. The number of ether oxygens (including phenoxy) is 2. The Bertz CT molecular complexity index is 551. The van der Waals surface area contributed by atoms with Crippen LogP contribution in [0.15, 0.2) is 23.2 Å². The van der Waals surface area contributed by atoms with Crippen molar-refractivity contribution in [3.63, 3.8) is 0 Å². The molecule has 0 amide bonds. The largest absolute Gasteiger partial charge is 0.493 e. The van der Waals surface area contributed by atoms with Crippen LogP contribution in [0.5, 0.6) is 11.5 Å². The molecule has 0 aliphatic rings. The lowest BCUT2D eigenvalue weighted by molar-refractivity contribution is -0.132. The second-order valence-electron chi connectivity index (χ2n) is 5.04. The minimum absolute atomic E-state index is 0.106. The number of hydrogen-bond donors (Lipinski definition) is 3. The molecule has 1 rings (SSSR count). The second kappa shape index (κ2) is 10.7. The summed E-state index contributed by atoms with van der Waals surface area (Å²) < 4.78 is 47.2. The molecule has 0 heterocycles. The molecular weight excluding hydrogens is 339 g/mol. The maximum Gasteiger partial charge on any atom is 0.390 e. The van der Waals surface area contributed by atoms with Crippen molar-refractivity contribution in [1.82, 2.24) is 10.6 Å². The van der Waals surface area contributed by atoms with Crippen LogP contribution < -0.4 is 20.1 Å². The van der Waals surface area contributed by atoms with Crippen molar-refractivity contribution >= 4 is 5.96 Å². The third-order valence-electron chi connectivity index (χ3n) is 3.04. The smallest absolute Gasteiger partial charge is 0.390 e. The van der Waals surface area contributed by atoms with Crippen LogP contribution in [0.4, 0.5) is 13.2 Å². The van der Waals surface area contributed by atoms with E-state index in [1.54, 1.807) is 18.2 Å². The Hall–Kier alpha value is -2.16. The summed E-state index contributed by atoms with van der Waals surface area (Å²) in [6.07, 6.45) is -5.13. The topological polar surface area (TPSA) is 75.1 Å². The normalized spacial score (nSPS) is 12.0. The molecule has 0 fully saturated rings. The van der Waals surface area contributed by atoms with E-state index >= 15 is 0 Å². The van der Waals surface area contributed by atoms with Gasteiger partial charge >= 0.3 is 6.18 Å². The molecule has 9 heteroatoms. The first kappa shape index (κ1) is 20.9. The predicted molar refractivity (Wildman–Crippen MR) is 89.1 cm³/mol. The van der Waals surface area contributed by atoms with Gasteiger partial charge < -0.3 is 25.2 Å². The van der Waals surface area contributed by atoms with Gasteiger partial charge in [0.15, 0.2) is 17.5 Å². The molecule has 0 atom stereocenters. The Balaban J connectivity index is 2.71.